The predicted octanol–water partition coefficient (Wildman–Crippen LogP) is 1.24. The van der Waals surface area contributed by atoms with E-state index in [4.69, 9.17) is 14.2 Å². The van der Waals surface area contributed by atoms with Gasteiger partial charge in [-0.1, -0.05) is 32.1 Å². The first-order chi connectivity index (χ1) is 17.4. The van der Waals surface area contributed by atoms with Gasteiger partial charge in [-0.25, -0.2) is 0 Å². The van der Waals surface area contributed by atoms with Crippen molar-refractivity contribution < 1.29 is 39.1 Å². The molecule has 2 aliphatic heterocycles. The Morgan fingerprint density at radius 3 is 2.42 bits per heavy atom. The molecule has 0 spiro atoms. The van der Waals surface area contributed by atoms with Crippen molar-refractivity contribution in [2.45, 2.75) is 127 Å². The van der Waals surface area contributed by atoms with Crippen LogP contribution in [0.3, 0.4) is 0 Å². The molecule has 0 radical (unpaired) electrons. The molecule has 3 fully saturated rings. The maximum absolute atomic E-state index is 12.8. The van der Waals surface area contributed by atoms with Gasteiger partial charge in [-0.3, -0.25) is 9.59 Å². The Morgan fingerprint density at radius 1 is 0.972 bits per heavy atom. The summed E-state index contributed by atoms with van der Waals surface area (Å²) in [5.74, 6) is -0.198. The van der Waals surface area contributed by atoms with Crippen LogP contribution in [0, 0.1) is 0 Å². The van der Waals surface area contributed by atoms with E-state index in [1.165, 1.54) is 32.6 Å². The zero-order valence-corrected chi connectivity index (χ0v) is 21.7. The Morgan fingerprint density at radius 2 is 1.72 bits per heavy atom. The molecule has 5 unspecified atom stereocenters. The number of hydrogen-bond donors (Lipinski definition) is 4. The number of nitrogens with one attached hydrogen (secondary N) is 1. The maximum Gasteiger partial charge on any atom is 0.222 e. The minimum Gasteiger partial charge on any atom is -0.394 e. The highest BCUT2D eigenvalue weighted by Crippen LogP contribution is 2.25. The summed E-state index contributed by atoms with van der Waals surface area (Å²) >= 11 is 0. The number of aliphatic hydroxyl groups is 3. The minimum atomic E-state index is -1.33. The summed E-state index contributed by atoms with van der Waals surface area (Å²) in [6, 6.07) is -0.742. The number of hydrogen-bond acceptors (Lipinski definition) is 8. The number of rotatable bonds is 12. The molecule has 208 valence electrons. The molecule has 1 aliphatic carbocycles. The molecule has 3 aliphatic rings. The molecule has 1 saturated carbocycles. The molecule has 0 bridgehead atoms. The van der Waals surface area contributed by atoms with E-state index in [9.17, 15) is 24.9 Å². The second kappa shape index (κ2) is 15.2. The van der Waals surface area contributed by atoms with E-state index < -0.39 is 37.3 Å². The predicted molar refractivity (Wildman–Crippen MR) is 132 cm³/mol. The second-order valence-corrected chi connectivity index (χ2v) is 10.4. The quantitative estimate of drug-likeness (QED) is 0.225. The monoisotopic (exact) mass is 514 g/mol. The van der Waals surface area contributed by atoms with E-state index in [1.807, 2.05) is 4.90 Å². The van der Waals surface area contributed by atoms with Gasteiger partial charge in [0.2, 0.25) is 11.8 Å². The summed E-state index contributed by atoms with van der Waals surface area (Å²) in [5.41, 5.74) is 0. The van der Waals surface area contributed by atoms with Crippen LogP contribution in [0.2, 0.25) is 0 Å². The van der Waals surface area contributed by atoms with Crippen molar-refractivity contribution in [3.63, 3.8) is 0 Å². The third-order valence-corrected chi connectivity index (χ3v) is 7.59. The van der Waals surface area contributed by atoms with Gasteiger partial charge >= 0.3 is 0 Å². The number of ether oxygens (including phenoxy) is 3. The molecule has 0 aromatic heterocycles. The normalized spacial score (nSPS) is 31.8. The van der Waals surface area contributed by atoms with Crippen molar-refractivity contribution >= 4 is 11.8 Å². The molecule has 6 atom stereocenters. The fourth-order valence-electron chi connectivity index (χ4n) is 5.50. The van der Waals surface area contributed by atoms with Crippen LogP contribution in [0.25, 0.3) is 0 Å². The Balaban J connectivity index is 1.34. The highest BCUT2D eigenvalue weighted by atomic mass is 16.7. The molecule has 2 saturated heterocycles. The van der Waals surface area contributed by atoms with Crippen molar-refractivity contribution in [3.8, 4) is 0 Å². The lowest BCUT2D eigenvalue weighted by Gasteiger charge is -2.42. The van der Waals surface area contributed by atoms with Gasteiger partial charge in [-0.15, -0.1) is 0 Å². The number of amides is 2. The summed E-state index contributed by atoms with van der Waals surface area (Å²) in [6.45, 7) is 2.59. The molecule has 36 heavy (non-hydrogen) atoms. The minimum absolute atomic E-state index is 0.187. The van der Waals surface area contributed by atoms with Crippen molar-refractivity contribution in [2.75, 3.05) is 26.4 Å². The van der Waals surface area contributed by atoms with Gasteiger partial charge < -0.3 is 39.7 Å². The lowest BCUT2D eigenvalue weighted by atomic mass is 9.97. The summed E-state index contributed by atoms with van der Waals surface area (Å²) in [7, 11) is 0. The Kier molecular flexibility index (Phi) is 12.3. The average Bonchev–Trinajstić information content (AvgIpc) is 3.18. The average molecular weight is 515 g/mol. The Hall–Kier alpha value is -1.30. The highest BCUT2D eigenvalue weighted by molar-refractivity contribution is 5.76. The van der Waals surface area contributed by atoms with Crippen LogP contribution in [-0.4, -0.2) is 101 Å². The van der Waals surface area contributed by atoms with E-state index in [0.29, 0.717) is 32.2 Å². The van der Waals surface area contributed by atoms with Gasteiger partial charge in [0.05, 0.1) is 25.4 Å². The molecule has 10 heteroatoms. The first-order valence-corrected chi connectivity index (χ1v) is 13.8. The fourth-order valence-corrected chi connectivity index (χ4v) is 5.50. The van der Waals surface area contributed by atoms with Crippen LogP contribution in [0.5, 0.6) is 0 Å². The van der Waals surface area contributed by atoms with Crippen LogP contribution in [-0.2, 0) is 23.8 Å². The summed E-state index contributed by atoms with van der Waals surface area (Å²) < 4.78 is 17.5. The largest absolute Gasteiger partial charge is 0.394 e. The second-order valence-electron chi connectivity index (χ2n) is 10.4. The van der Waals surface area contributed by atoms with Gasteiger partial charge in [0.15, 0.2) is 6.29 Å². The maximum atomic E-state index is 12.8. The summed E-state index contributed by atoms with van der Waals surface area (Å²) in [4.78, 5) is 26.3. The van der Waals surface area contributed by atoms with E-state index in [0.717, 1.165) is 45.1 Å². The van der Waals surface area contributed by atoms with Gasteiger partial charge in [0.1, 0.15) is 24.4 Å². The summed E-state index contributed by atoms with van der Waals surface area (Å²) in [6.07, 6.45) is 7.84. The molecule has 0 aromatic carbocycles. The zero-order valence-electron chi connectivity index (χ0n) is 21.7. The first-order valence-electron chi connectivity index (χ1n) is 13.8. The van der Waals surface area contributed by atoms with Crippen LogP contribution in [0.15, 0.2) is 0 Å². The number of carbonyl (C=O) groups is 2. The molecule has 10 nitrogen and oxygen atoms in total. The number of unbranched alkanes of at least 4 members (excludes halogenated alkanes) is 2. The SMILES string of the molecule is CC(=O)NC1C(OCCCCCC(=O)N2CCC[C@H]2COC2CCCCCC2)OC(CO)C(O)C1O. The van der Waals surface area contributed by atoms with Gasteiger partial charge in [-0.2, -0.15) is 0 Å². The van der Waals surface area contributed by atoms with E-state index >= 15 is 0 Å². The van der Waals surface area contributed by atoms with Crippen molar-refractivity contribution in [3.05, 3.63) is 0 Å². The Bertz CT molecular complexity index is 672. The van der Waals surface area contributed by atoms with Crippen molar-refractivity contribution in [1.82, 2.24) is 10.2 Å². The van der Waals surface area contributed by atoms with E-state index in [1.54, 1.807) is 0 Å². The third-order valence-electron chi connectivity index (χ3n) is 7.59. The molecule has 4 N–H and O–H groups in total. The topological polar surface area (TPSA) is 138 Å². The first kappa shape index (κ1) is 29.3. The highest BCUT2D eigenvalue weighted by Gasteiger charge is 2.45. The smallest absolute Gasteiger partial charge is 0.222 e. The number of nitrogens with zero attached hydrogens (tertiary/aromatic N) is 1. The van der Waals surface area contributed by atoms with Crippen LogP contribution < -0.4 is 5.32 Å². The van der Waals surface area contributed by atoms with Crippen LogP contribution >= 0.6 is 0 Å². The lowest BCUT2D eigenvalue weighted by Crippen LogP contribution is -2.64. The number of aliphatic hydroxyl groups excluding tert-OH is 3. The van der Waals surface area contributed by atoms with Gasteiger partial charge in [-0.05, 0) is 38.5 Å². The Labute approximate surface area is 214 Å². The third kappa shape index (κ3) is 8.63. The molecule has 3 rings (SSSR count). The van der Waals surface area contributed by atoms with E-state index in [-0.39, 0.29) is 17.9 Å². The molecule has 2 amide bonds. The van der Waals surface area contributed by atoms with Gasteiger partial charge in [0, 0.05) is 26.5 Å². The van der Waals surface area contributed by atoms with Crippen LogP contribution in [0.1, 0.15) is 84.0 Å². The number of carbonyl (C=O) groups excluding carboxylic acids is 2. The molecule has 0 aromatic rings. The standard InChI is InChI=1S/C26H46N2O8/c1-18(30)27-23-25(33)24(32)21(16-29)36-26(23)34-15-8-4-7-13-22(31)28-14-9-10-19(28)17-35-20-11-5-2-3-6-12-20/h19-21,23-26,29,32-33H,2-17H2,1H3,(H,27,30)/t19-,21?,23?,24?,25?,26?/m0/s1. The van der Waals surface area contributed by atoms with E-state index in [2.05, 4.69) is 5.32 Å². The molecule has 2 heterocycles. The van der Waals surface area contributed by atoms with Gasteiger partial charge in [0.25, 0.3) is 0 Å². The zero-order chi connectivity index (χ0) is 25.9. The van der Waals surface area contributed by atoms with Crippen molar-refractivity contribution in [2.24, 2.45) is 0 Å². The van der Waals surface area contributed by atoms with Crippen molar-refractivity contribution in [1.29, 1.82) is 0 Å². The lowest BCUT2D eigenvalue weighted by molar-refractivity contribution is -0.270. The number of likely N-dealkylation sites (tertiary alicyclic amines) is 1. The molecular formula is C26H46N2O8. The fraction of sp³-hybridized carbons (Fsp3) is 0.923. The van der Waals surface area contributed by atoms with Crippen LogP contribution in [0.4, 0.5) is 0 Å². The molecular weight excluding hydrogens is 468 g/mol. The summed E-state index contributed by atoms with van der Waals surface area (Å²) in [5, 5.41) is 32.3.